The van der Waals surface area contributed by atoms with Crippen molar-refractivity contribution in [3.8, 4) is 5.75 Å². The molecule has 2 heteroatoms. The first kappa shape index (κ1) is 31.1. The minimum Gasteiger partial charge on any atom is -0.497 e. The molecule has 0 saturated heterocycles. The Morgan fingerprint density at radius 1 is 0.489 bits per heavy atom. The van der Waals surface area contributed by atoms with Gasteiger partial charge < -0.3 is 9.64 Å². The van der Waals surface area contributed by atoms with E-state index < -0.39 is 0 Å². The average Bonchev–Trinajstić information content (AvgIpc) is 3.13. The Morgan fingerprint density at radius 2 is 0.936 bits per heavy atom. The highest BCUT2D eigenvalue weighted by atomic mass is 16.5. The maximum atomic E-state index is 5.46. The van der Waals surface area contributed by atoms with E-state index in [4.69, 9.17) is 4.74 Å². The Balaban J connectivity index is 1.36. The Morgan fingerprint density at radius 3 is 1.40 bits per heavy atom. The molecular formula is C45H39NO. The molecule has 0 unspecified atom stereocenters. The summed E-state index contributed by atoms with van der Waals surface area (Å²) in [4.78, 5) is 2.25. The summed E-state index contributed by atoms with van der Waals surface area (Å²) in [7, 11) is 1.70. The summed E-state index contributed by atoms with van der Waals surface area (Å²) in [6.45, 7) is 4.25. The quantitative estimate of drug-likeness (QED) is 0.143. The minimum atomic E-state index is 0.827. The third kappa shape index (κ3) is 7.87. The lowest BCUT2D eigenvalue weighted by molar-refractivity contribution is 0.415. The number of allylic oxidation sites excluding steroid dienone is 2. The molecule has 0 aromatic heterocycles. The van der Waals surface area contributed by atoms with E-state index in [1.807, 2.05) is 12.1 Å². The van der Waals surface area contributed by atoms with Gasteiger partial charge in [0.2, 0.25) is 0 Å². The van der Waals surface area contributed by atoms with Crippen LogP contribution in [0.1, 0.15) is 38.9 Å². The van der Waals surface area contributed by atoms with Gasteiger partial charge in [0.1, 0.15) is 5.75 Å². The van der Waals surface area contributed by atoms with Gasteiger partial charge in [0.15, 0.2) is 0 Å². The van der Waals surface area contributed by atoms with Gasteiger partial charge in [-0.25, -0.2) is 0 Å². The van der Waals surface area contributed by atoms with Crippen LogP contribution in [-0.4, -0.2) is 7.11 Å². The van der Waals surface area contributed by atoms with E-state index in [2.05, 4.69) is 189 Å². The summed E-state index contributed by atoms with van der Waals surface area (Å²) in [5, 5.41) is 0. The standard InChI is InChI=1S/C45H39NO/c1-34-17-23-39(24-18-34)44(40-25-19-35(2)20-26-40)16-10-11-36-21-27-41(28-22-36)46(42-29-31-43(47-3)32-30-42)33-45(37-12-6-4-7-13-37)38-14-8-5-9-15-38/h4-33H,1-3H3/b11-10+. The molecule has 0 aliphatic rings. The van der Waals surface area contributed by atoms with Gasteiger partial charge in [-0.3, -0.25) is 0 Å². The smallest absolute Gasteiger partial charge is 0.119 e. The second-order valence-corrected chi connectivity index (χ2v) is 11.6. The zero-order valence-electron chi connectivity index (χ0n) is 27.2. The molecule has 0 aliphatic heterocycles. The third-order valence-electron chi connectivity index (χ3n) is 8.23. The molecule has 0 amide bonds. The highest BCUT2D eigenvalue weighted by molar-refractivity contribution is 5.84. The number of benzene rings is 6. The molecule has 0 aliphatic carbocycles. The van der Waals surface area contributed by atoms with Crippen molar-refractivity contribution in [1.29, 1.82) is 0 Å². The number of hydrogen-bond acceptors (Lipinski definition) is 2. The lowest BCUT2D eigenvalue weighted by Crippen LogP contribution is -2.10. The molecule has 0 radical (unpaired) electrons. The zero-order chi connectivity index (χ0) is 32.4. The maximum absolute atomic E-state index is 5.46. The third-order valence-corrected chi connectivity index (χ3v) is 8.23. The van der Waals surface area contributed by atoms with Crippen LogP contribution >= 0.6 is 0 Å². The van der Waals surface area contributed by atoms with E-state index in [1.165, 1.54) is 27.8 Å². The molecule has 6 aromatic rings. The maximum Gasteiger partial charge on any atom is 0.119 e. The van der Waals surface area contributed by atoms with Gasteiger partial charge in [0.05, 0.1) is 7.11 Å². The predicted molar refractivity (Wildman–Crippen MR) is 200 cm³/mol. The number of ether oxygens (including phenoxy) is 1. The lowest BCUT2D eigenvalue weighted by Gasteiger charge is -2.24. The van der Waals surface area contributed by atoms with Gasteiger partial charge in [-0.2, -0.15) is 0 Å². The van der Waals surface area contributed by atoms with Crippen LogP contribution in [0, 0.1) is 13.8 Å². The van der Waals surface area contributed by atoms with Crippen molar-refractivity contribution in [2.45, 2.75) is 13.8 Å². The van der Waals surface area contributed by atoms with Crippen molar-refractivity contribution in [2.75, 3.05) is 12.0 Å². The van der Waals surface area contributed by atoms with Crippen LogP contribution in [0.25, 0.3) is 17.2 Å². The van der Waals surface area contributed by atoms with Crippen LogP contribution in [0.2, 0.25) is 0 Å². The van der Waals surface area contributed by atoms with Crippen molar-refractivity contribution >= 4 is 28.6 Å². The largest absolute Gasteiger partial charge is 0.497 e. The summed E-state index contributed by atoms with van der Waals surface area (Å²) in [5.41, 5.74) is 12.8. The molecule has 2 nitrogen and oxygen atoms in total. The fraction of sp³-hybridized carbons (Fsp3) is 0.0667. The van der Waals surface area contributed by atoms with Crippen LogP contribution in [0.4, 0.5) is 11.4 Å². The summed E-state index contributed by atoms with van der Waals surface area (Å²) in [6.07, 6.45) is 8.75. The van der Waals surface area contributed by atoms with Crippen LogP contribution < -0.4 is 9.64 Å². The van der Waals surface area contributed by atoms with Gasteiger partial charge in [0.25, 0.3) is 0 Å². The van der Waals surface area contributed by atoms with Crippen molar-refractivity contribution in [3.63, 3.8) is 0 Å². The fourth-order valence-corrected chi connectivity index (χ4v) is 5.55. The average molecular weight is 610 g/mol. The molecule has 47 heavy (non-hydrogen) atoms. The SMILES string of the molecule is COc1ccc(N(C=C(c2ccccc2)c2ccccc2)c2ccc(/C=C/C=C(c3ccc(C)cc3)c3ccc(C)cc3)cc2)cc1. The monoisotopic (exact) mass is 609 g/mol. The highest BCUT2D eigenvalue weighted by Crippen LogP contribution is 2.33. The molecule has 0 spiro atoms. The van der Waals surface area contributed by atoms with Crippen molar-refractivity contribution in [1.82, 2.24) is 0 Å². The first-order valence-electron chi connectivity index (χ1n) is 16.0. The Bertz CT molecular complexity index is 1880. The zero-order valence-corrected chi connectivity index (χ0v) is 27.2. The van der Waals surface area contributed by atoms with Crippen LogP contribution in [-0.2, 0) is 0 Å². The van der Waals surface area contributed by atoms with Crippen LogP contribution in [0.15, 0.2) is 176 Å². The molecule has 0 bridgehead atoms. The number of nitrogens with zero attached hydrogens (tertiary/aromatic N) is 1. The minimum absolute atomic E-state index is 0.827. The molecular weight excluding hydrogens is 571 g/mol. The molecule has 0 atom stereocenters. The topological polar surface area (TPSA) is 12.5 Å². The van der Waals surface area contributed by atoms with Gasteiger partial charge in [-0.15, -0.1) is 0 Å². The number of methoxy groups -OCH3 is 1. The van der Waals surface area contributed by atoms with E-state index in [-0.39, 0.29) is 0 Å². The Hall–Kier alpha value is -5.86. The van der Waals surface area contributed by atoms with E-state index in [1.54, 1.807) is 7.11 Å². The van der Waals surface area contributed by atoms with Crippen molar-refractivity contribution < 1.29 is 4.74 Å². The second-order valence-electron chi connectivity index (χ2n) is 11.6. The molecule has 6 aromatic carbocycles. The van der Waals surface area contributed by atoms with Gasteiger partial charge in [-0.1, -0.05) is 151 Å². The van der Waals surface area contributed by atoms with E-state index >= 15 is 0 Å². The highest BCUT2D eigenvalue weighted by Gasteiger charge is 2.12. The fourth-order valence-electron chi connectivity index (χ4n) is 5.55. The Labute approximate surface area is 279 Å². The van der Waals surface area contributed by atoms with Crippen molar-refractivity contribution in [3.05, 3.63) is 215 Å². The number of hydrogen-bond donors (Lipinski definition) is 0. The van der Waals surface area contributed by atoms with Gasteiger partial charge in [-0.05, 0) is 83.6 Å². The number of rotatable bonds is 10. The van der Waals surface area contributed by atoms with Crippen LogP contribution in [0.3, 0.4) is 0 Å². The number of anilines is 2. The van der Waals surface area contributed by atoms with E-state index in [0.717, 1.165) is 39.4 Å². The lowest BCUT2D eigenvalue weighted by atomic mass is 9.96. The molecule has 0 fully saturated rings. The van der Waals surface area contributed by atoms with E-state index in [0.29, 0.717) is 0 Å². The van der Waals surface area contributed by atoms with E-state index in [9.17, 15) is 0 Å². The van der Waals surface area contributed by atoms with Crippen LogP contribution in [0.5, 0.6) is 5.75 Å². The first-order valence-corrected chi connectivity index (χ1v) is 16.0. The number of aryl methyl sites for hydroxylation is 2. The molecule has 0 N–H and O–H groups in total. The summed E-state index contributed by atoms with van der Waals surface area (Å²) in [6, 6.07) is 55.5. The Kier molecular flexibility index (Phi) is 9.90. The van der Waals surface area contributed by atoms with Gasteiger partial charge in [0, 0.05) is 23.1 Å². The summed E-state index contributed by atoms with van der Waals surface area (Å²) < 4.78 is 5.46. The second kappa shape index (κ2) is 14.9. The summed E-state index contributed by atoms with van der Waals surface area (Å²) >= 11 is 0. The van der Waals surface area contributed by atoms with Crippen molar-refractivity contribution in [2.24, 2.45) is 0 Å². The van der Waals surface area contributed by atoms with Gasteiger partial charge >= 0.3 is 0 Å². The first-order chi connectivity index (χ1) is 23.1. The normalized spacial score (nSPS) is 10.8. The summed E-state index contributed by atoms with van der Waals surface area (Å²) in [5.74, 6) is 0.827. The molecule has 6 rings (SSSR count). The molecule has 0 heterocycles. The predicted octanol–water partition coefficient (Wildman–Crippen LogP) is 11.7. The molecule has 0 saturated carbocycles. The molecule has 230 valence electrons.